The van der Waals surface area contributed by atoms with E-state index in [4.69, 9.17) is 0 Å². The number of benzene rings is 9. The zero-order valence-corrected chi connectivity index (χ0v) is 32.2. The average molecular weight is 719 g/mol. The zero-order chi connectivity index (χ0) is 36.8. The topological polar surface area (TPSA) is 0 Å². The van der Waals surface area contributed by atoms with Gasteiger partial charge in [-0.25, -0.2) is 0 Å². The van der Waals surface area contributed by atoms with E-state index in [0.29, 0.717) is 0 Å². The molecule has 0 N–H and O–H groups in total. The molecule has 9 aromatic carbocycles. The van der Waals surface area contributed by atoms with Crippen LogP contribution in [0.1, 0.15) is 49.9 Å². The molecule has 0 nitrogen and oxygen atoms in total. The van der Waals surface area contributed by atoms with Crippen LogP contribution in [0.3, 0.4) is 0 Å². The average Bonchev–Trinajstić information content (AvgIpc) is 3.79. The molecule has 0 amide bonds. The standard InChI is InChI=1S/C54H38S/c1-53(2)46-23-17-32(28-43(46)44-29-33(18-24-47(44)53)34-20-26-50-45(30-34)38-14-9-10-16-49(38)55-50)31-19-25-48-42(27-31)41-22-21-40-37-13-6-5-11-35(37)36-12-7-8-15-39(36)51(40)52(41)54(48,3)4/h5-30H,1-4H3. The van der Waals surface area contributed by atoms with Crippen LogP contribution in [0, 0.1) is 0 Å². The Kier molecular flexibility index (Phi) is 6.16. The van der Waals surface area contributed by atoms with Gasteiger partial charge in [-0.05, 0) is 135 Å². The number of thiophene rings is 1. The number of hydrogen-bond donors (Lipinski definition) is 0. The summed E-state index contributed by atoms with van der Waals surface area (Å²) in [6, 6.07) is 60.1. The lowest BCUT2D eigenvalue weighted by Crippen LogP contribution is -2.15. The monoisotopic (exact) mass is 718 g/mol. The molecule has 0 bridgehead atoms. The van der Waals surface area contributed by atoms with Gasteiger partial charge in [0.25, 0.3) is 0 Å². The first kappa shape index (κ1) is 31.3. The zero-order valence-electron chi connectivity index (χ0n) is 31.4. The molecule has 0 saturated heterocycles. The van der Waals surface area contributed by atoms with Crippen molar-refractivity contribution in [3.05, 3.63) is 180 Å². The van der Waals surface area contributed by atoms with E-state index in [-0.39, 0.29) is 10.8 Å². The van der Waals surface area contributed by atoms with Crippen molar-refractivity contribution in [1.82, 2.24) is 0 Å². The first-order valence-electron chi connectivity index (χ1n) is 19.5. The molecule has 0 radical (unpaired) electrons. The maximum Gasteiger partial charge on any atom is 0.0355 e. The molecule has 0 unspecified atom stereocenters. The van der Waals surface area contributed by atoms with E-state index in [1.54, 1.807) is 0 Å². The molecule has 2 aliphatic rings. The minimum absolute atomic E-state index is 0.0653. The van der Waals surface area contributed by atoms with Crippen molar-refractivity contribution in [2.75, 3.05) is 0 Å². The Morgan fingerprint density at radius 3 is 1.38 bits per heavy atom. The lowest BCUT2D eigenvalue weighted by molar-refractivity contribution is 0.660. The summed E-state index contributed by atoms with van der Waals surface area (Å²) in [4.78, 5) is 0. The molecule has 0 aliphatic heterocycles. The number of rotatable bonds is 2. The van der Waals surface area contributed by atoms with E-state index in [1.165, 1.54) is 119 Å². The molecule has 260 valence electrons. The molecule has 2 aliphatic carbocycles. The lowest BCUT2D eigenvalue weighted by atomic mass is 9.78. The van der Waals surface area contributed by atoms with E-state index < -0.39 is 0 Å². The van der Waals surface area contributed by atoms with E-state index in [0.717, 1.165) is 0 Å². The van der Waals surface area contributed by atoms with Gasteiger partial charge in [-0.1, -0.05) is 149 Å². The van der Waals surface area contributed by atoms with Crippen molar-refractivity contribution >= 4 is 63.8 Å². The molecule has 0 fully saturated rings. The molecule has 0 saturated carbocycles. The summed E-state index contributed by atoms with van der Waals surface area (Å²) in [5.41, 5.74) is 16.0. The predicted molar refractivity (Wildman–Crippen MR) is 238 cm³/mol. The van der Waals surface area contributed by atoms with Gasteiger partial charge in [0.1, 0.15) is 0 Å². The van der Waals surface area contributed by atoms with Crippen molar-refractivity contribution in [2.45, 2.75) is 38.5 Å². The third-order valence-electron chi connectivity index (χ3n) is 13.2. The highest BCUT2D eigenvalue weighted by atomic mass is 32.1. The first-order chi connectivity index (χ1) is 26.8. The molecular weight excluding hydrogens is 681 g/mol. The minimum atomic E-state index is -0.135. The Labute approximate surface area is 325 Å². The summed E-state index contributed by atoms with van der Waals surface area (Å²) >= 11 is 1.88. The normalized spacial score (nSPS) is 14.8. The fourth-order valence-corrected chi connectivity index (χ4v) is 11.6. The molecular formula is C54H38S. The van der Waals surface area contributed by atoms with E-state index in [2.05, 4.69) is 185 Å². The van der Waals surface area contributed by atoms with E-state index in [1.807, 2.05) is 11.3 Å². The van der Waals surface area contributed by atoms with Gasteiger partial charge in [-0.2, -0.15) is 0 Å². The molecule has 0 atom stereocenters. The van der Waals surface area contributed by atoms with Crippen LogP contribution < -0.4 is 0 Å². The van der Waals surface area contributed by atoms with Gasteiger partial charge < -0.3 is 0 Å². The van der Waals surface area contributed by atoms with Crippen LogP contribution in [0.4, 0.5) is 0 Å². The van der Waals surface area contributed by atoms with Gasteiger partial charge in [-0.15, -0.1) is 11.3 Å². The van der Waals surface area contributed by atoms with Crippen LogP contribution in [0.25, 0.3) is 97.0 Å². The Hall–Kier alpha value is -6.02. The fraction of sp³-hybridized carbons (Fsp3) is 0.111. The highest BCUT2D eigenvalue weighted by Gasteiger charge is 2.39. The maximum atomic E-state index is 2.47. The Morgan fingerprint density at radius 2 is 0.764 bits per heavy atom. The third kappa shape index (κ3) is 4.17. The van der Waals surface area contributed by atoms with Crippen LogP contribution in [-0.2, 0) is 10.8 Å². The van der Waals surface area contributed by atoms with E-state index in [9.17, 15) is 0 Å². The van der Waals surface area contributed by atoms with E-state index >= 15 is 0 Å². The largest absolute Gasteiger partial charge is 0.135 e. The quantitative estimate of drug-likeness (QED) is 0.156. The second-order valence-corrected chi connectivity index (χ2v) is 17.9. The van der Waals surface area contributed by atoms with Crippen molar-refractivity contribution in [2.24, 2.45) is 0 Å². The smallest absolute Gasteiger partial charge is 0.0355 e. The lowest BCUT2D eigenvalue weighted by Gasteiger charge is -2.25. The molecule has 1 heterocycles. The SMILES string of the molecule is CC1(C)c2ccc(-c3ccc4c(c3)-c3ccc5c6ccccc6c6ccccc6c5c3C4(C)C)cc2-c2cc(-c3ccc4sc5ccccc5c4c3)ccc21. The van der Waals surface area contributed by atoms with Crippen LogP contribution in [0.15, 0.2) is 158 Å². The van der Waals surface area contributed by atoms with Gasteiger partial charge in [0.15, 0.2) is 0 Å². The molecule has 1 aromatic heterocycles. The van der Waals surface area contributed by atoms with Crippen LogP contribution >= 0.6 is 11.3 Å². The van der Waals surface area contributed by atoms with Gasteiger partial charge in [0.05, 0.1) is 0 Å². The van der Waals surface area contributed by atoms with Gasteiger partial charge in [0.2, 0.25) is 0 Å². The predicted octanol–water partition coefficient (Wildman–Crippen LogP) is 15.5. The maximum absolute atomic E-state index is 2.47. The second-order valence-electron chi connectivity index (χ2n) is 16.8. The van der Waals surface area contributed by atoms with Gasteiger partial charge in [0, 0.05) is 31.0 Å². The Balaban J connectivity index is 1.01. The van der Waals surface area contributed by atoms with Crippen LogP contribution in [0.5, 0.6) is 0 Å². The van der Waals surface area contributed by atoms with Gasteiger partial charge >= 0.3 is 0 Å². The molecule has 0 spiro atoms. The summed E-state index contributed by atoms with van der Waals surface area (Å²) in [7, 11) is 0. The van der Waals surface area contributed by atoms with Crippen molar-refractivity contribution in [3.8, 4) is 44.5 Å². The summed E-state index contributed by atoms with van der Waals surface area (Å²) in [6.45, 7) is 9.61. The number of fused-ring (bicyclic) bond motifs is 16. The molecule has 12 rings (SSSR count). The Morgan fingerprint density at radius 1 is 0.327 bits per heavy atom. The summed E-state index contributed by atoms with van der Waals surface area (Å²) in [5.74, 6) is 0. The van der Waals surface area contributed by atoms with Crippen molar-refractivity contribution in [3.63, 3.8) is 0 Å². The Bertz CT molecular complexity index is 3280. The van der Waals surface area contributed by atoms with Crippen LogP contribution in [0.2, 0.25) is 0 Å². The first-order valence-corrected chi connectivity index (χ1v) is 20.3. The minimum Gasteiger partial charge on any atom is -0.135 e. The summed E-state index contributed by atoms with van der Waals surface area (Å²) in [5, 5.41) is 10.8. The molecule has 55 heavy (non-hydrogen) atoms. The highest BCUT2D eigenvalue weighted by molar-refractivity contribution is 7.25. The summed E-state index contributed by atoms with van der Waals surface area (Å²) < 4.78 is 2.69. The fourth-order valence-electron chi connectivity index (χ4n) is 10.5. The third-order valence-corrected chi connectivity index (χ3v) is 14.4. The summed E-state index contributed by atoms with van der Waals surface area (Å²) in [6.07, 6.45) is 0. The highest BCUT2D eigenvalue weighted by Crippen LogP contribution is 2.55. The van der Waals surface area contributed by atoms with Gasteiger partial charge in [-0.3, -0.25) is 0 Å². The number of hydrogen-bond acceptors (Lipinski definition) is 1. The second kappa shape index (κ2) is 10.8. The van der Waals surface area contributed by atoms with Crippen molar-refractivity contribution in [1.29, 1.82) is 0 Å². The van der Waals surface area contributed by atoms with Crippen LogP contribution in [-0.4, -0.2) is 0 Å². The van der Waals surface area contributed by atoms with Crippen molar-refractivity contribution < 1.29 is 0 Å². The molecule has 10 aromatic rings. The molecule has 1 heteroatoms.